The molecular formula is C18H14ClFN2O. The second-order valence-electron chi connectivity index (χ2n) is 5.27. The maximum absolute atomic E-state index is 13.4. The van der Waals surface area contributed by atoms with Gasteiger partial charge in [0.05, 0.1) is 10.7 Å². The zero-order valence-electron chi connectivity index (χ0n) is 12.7. The van der Waals surface area contributed by atoms with E-state index < -0.39 is 5.82 Å². The van der Waals surface area contributed by atoms with E-state index in [4.69, 9.17) is 11.6 Å². The van der Waals surface area contributed by atoms with E-state index in [-0.39, 0.29) is 10.8 Å². The molecule has 2 heterocycles. The van der Waals surface area contributed by atoms with Crippen LogP contribution in [0.15, 0.2) is 48.8 Å². The number of halogens is 2. The van der Waals surface area contributed by atoms with Crippen LogP contribution in [0.5, 0.6) is 0 Å². The molecule has 0 aliphatic heterocycles. The molecule has 0 atom stereocenters. The second-order valence-corrected chi connectivity index (χ2v) is 5.68. The Labute approximate surface area is 138 Å². The maximum atomic E-state index is 13.4. The van der Waals surface area contributed by atoms with Gasteiger partial charge in [0.25, 0.3) is 0 Å². The van der Waals surface area contributed by atoms with Crippen molar-refractivity contribution < 1.29 is 9.18 Å². The minimum absolute atomic E-state index is 0.0312. The third-order valence-electron chi connectivity index (χ3n) is 3.78. The van der Waals surface area contributed by atoms with E-state index in [2.05, 4.69) is 4.98 Å². The Hall–Kier alpha value is -2.46. The second kappa shape index (κ2) is 5.97. The number of pyridine rings is 1. The van der Waals surface area contributed by atoms with Crippen LogP contribution in [0.2, 0.25) is 5.02 Å². The zero-order chi connectivity index (χ0) is 16.6. The third-order valence-corrected chi connectivity index (χ3v) is 4.07. The SMILES string of the molecule is CC(=O)c1cc(-c2ccncc2)n(C)c1-c1ccc(F)c(Cl)c1. The topological polar surface area (TPSA) is 34.9 Å². The molecule has 0 aliphatic carbocycles. The summed E-state index contributed by atoms with van der Waals surface area (Å²) in [5.41, 5.74) is 3.81. The highest BCUT2D eigenvalue weighted by molar-refractivity contribution is 6.31. The zero-order valence-corrected chi connectivity index (χ0v) is 13.4. The van der Waals surface area contributed by atoms with Crippen LogP contribution in [0.25, 0.3) is 22.5 Å². The summed E-state index contributed by atoms with van der Waals surface area (Å²) in [5, 5.41) is 0.0312. The van der Waals surface area contributed by atoms with Crippen molar-refractivity contribution in [1.29, 1.82) is 0 Å². The van der Waals surface area contributed by atoms with Gasteiger partial charge in [0, 0.05) is 41.8 Å². The number of carbonyl (C=O) groups is 1. The number of rotatable bonds is 3. The Balaban J connectivity index is 2.25. The summed E-state index contributed by atoms with van der Waals surface area (Å²) in [6, 6.07) is 10.1. The molecule has 0 spiro atoms. The first-order valence-electron chi connectivity index (χ1n) is 7.05. The minimum Gasteiger partial charge on any atom is -0.343 e. The first-order chi connectivity index (χ1) is 11.0. The van der Waals surface area contributed by atoms with Crippen LogP contribution >= 0.6 is 11.6 Å². The highest BCUT2D eigenvalue weighted by Gasteiger charge is 2.19. The van der Waals surface area contributed by atoms with E-state index in [1.165, 1.54) is 19.1 Å². The average Bonchev–Trinajstić information content (AvgIpc) is 2.89. The number of Topliss-reactive ketones (excluding diaryl/α,β-unsaturated/α-hetero) is 1. The van der Waals surface area contributed by atoms with E-state index in [0.717, 1.165) is 11.3 Å². The predicted molar refractivity (Wildman–Crippen MR) is 89.1 cm³/mol. The van der Waals surface area contributed by atoms with Gasteiger partial charge < -0.3 is 4.57 Å². The largest absolute Gasteiger partial charge is 0.343 e. The molecule has 0 saturated heterocycles. The van der Waals surface area contributed by atoms with Crippen molar-refractivity contribution in [2.45, 2.75) is 6.92 Å². The van der Waals surface area contributed by atoms with E-state index in [1.807, 2.05) is 29.8 Å². The van der Waals surface area contributed by atoms with E-state index >= 15 is 0 Å². The van der Waals surface area contributed by atoms with Crippen molar-refractivity contribution in [2.75, 3.05) is 0 Å². The first kappa shape index (κ1) is 15.4. The van der Waals surface area contributed by atoms with Crippen molar-refractivity contribution >= 4 is 17.4 Å². The van der Waals surface area contributed by atoms with Crippen LogP contribution in [-0.2, 0) is 7.05 Å². The quantitative estimate of drug-likeness (QED) is 0.650. The highest BCUT2D eigenvalue weighted by Crippen LogP contribution is 2.33. The van der Waals surface area contributed by atoms with Crippen molar-refractivity contribution in [3.63, 3.8) is 0 Å². The molecule has 116 valence electrons. The molecule has 3 rings (SSSR count). The van der Waals surface area contributed by atoms with Gasteiger partial charge in [0.2, 0.25) is 0 Å². The summed E-state index contributed by atoms with van der Waals surface area (Å²) in [6.45, 7) is 1.51. The van der Waals surface area contributed by atoms with Crippen molar-refractivity contribution in [3.8, 4) is 22.5 Å². The summed E-state index contributed by atoms with van der Waals surface area (Å²) >= 11 is 5.89. The molecule has 23 heavy (non-hydrogen) atoms. The monoisotopic (exact) mass is 328 g/mol. The average molecular weight is 329 g/mol. The van der Waals surface area contributed by atoms with Crippen molar-refractivity contribution in [3.05, 3.63) is 65.2 Å². The summed E-state index contributed by atoms with van der Waals surface area (Å²) < 4.78 is 15.3. The summed E-state index contributed by atoms with van der Waals surface area (Å²) in [7, 11) is 1.87. The Morgan fingerprint density at radius 3 is 2.43 bits per heavy atom. The van der Waals surface area contributed by atoms with Crippen LogP contribution in [0.3, 0.4) is 0 Å². The molecule has 5 heteroatoms. The number of carbonyl (C=O) groups excluding carboxylic acids is 1. The number of ketones is 1. The van der Waals surface area contributed by atoms with Gasteiger partial charge in [-0.05, 0) is 43.3 Å². The standard InChI is InChI=1S/C18H14ClFN2O/c1-11(23)14-10-17(12-5-7-21-8-6-12)22(2)18(14)13-3-4-16(20)15(19)9-13/h3-10H,1-2H3. The van der Waals surface area contributed by atoms with Crippen molar-refractivity contribution in [2.24, 2.45) is 7.05 Å². The van der Waals surface area contributed by atoms with Crippen LogP contribution < -0.4 is 0 Å². The molecule has 0 bridgehead atoms. The Bertz CT molecular complexity index is 888. The molecule has 3 aromatic rings. The fourth-order valence-corrected chi connectivity index (χ4v) is 2.84. The van der Waals surface area contributed by atoms with Crippen LogP contribution in [-0.4, -0.2) is 15.3 Å². The predicted octanol–water partition coefficient (Wildman–Crippen LogP) is 4.75. The molecule has 3 nitrogen and oxygen atoms in total. The highest BCUT2D eigenvalue weighted by atomic mass is 35.5. The van der Waals surface area contributed by atoms with Gasteiger partial charge >= 0.3 is 0 Å². The minimum atomic E-state index is -0.483. The van der Waals surface area contributed by atoms with E-state index in [9.17, 15) is 9.18 Å². The lowest BCUT2D eigenvalue weighted by Gasteiger charge is -2.10. The Morgan fingerprint density at radius 2 is 1.83 bits per heavy atom. The number of hydrogen-bond acceptors (Lipinski definition) is 2. The molecular weight excluding hydrogens is 315 g/mol. The maximum Gasteiger partial charge on any atom is 0.161 e. The van der Waals surface area contributed by atoms with Gasteiger partial charge in [-0.2, -0.15) is 0 Å². The van der Waals surface area contributed by atoms with E-state index in [0.29, 0.717) is 16.8 Å². The Morgan fingerprint density at radius 1 is 1.13 bits per heavy atom. The molecule has 0 amide bonds. The normalized spacial score (nSPS) is 10.8. The molecule has 0 N–H and O–H groups in total. The lowest BCUT2D eigenvalue weighted by molar-refractivity contribution is 0.101. The first-order valence-corrected chi connectivity index (χ1v) is 7.43. The summed E-state index contributed by atoms with van der Waals surface area (Å²) in [5.74, 6) is -0.542. The van der Waals surface area contributed by atoms with Gasteiger partial charge in [-0.25, -0.2) is 4.39 Å². The van der Waals surface area contributed by atoms with Crippen LogP contribution in [0.1, 0.15) is 17.3 Å². The van der Waals surface area contributed by atoms with Crippen LogP contribution in [0, 0.1) is 5.82 Å². The molecule has 1 aromatic carbocycles. The van der Waals surface area contributed by atoms with Gasteiger partial charge in [-0.3, -0.25) is 9.78 Å². The molecule has 0 unspecified atom stereocenters. The fourth-order valence-electron chi connectivity index (χ4n) is 2.66. The van der Waals surface area contributed by atoms with Gasteiger partial charge in [-0.15, -0.1) is 0 Å². The lowest BCUT2D eigenvalue weighted by atomic mass is 10.1. The summed E-state index contributed by atoms with van der Waals surface area (Å²) in [6.07, 6.45) is 3.40. The smallest absolute Gasteiger partial charge is 0.161 e. The number of nitrogens with zero attached hydrogens (tertiary/aromatic N) is 2. The van der Waals surface area contributed by atoms with Gasteiger partial charge in [-0.1, -0.05) is 11.6 Å². The van der Waals surface area contributed by atoms with Crippen LogP contribution in [0.4, 0.5) is 4.39 Å². The number of aromatic nitrogens is 2. The summed E-state index contributed by atoms with van der Waals surface area (Å²) in [4.78, 5) is 16.1. The molecule has 0 saturated carbocycles. The molecule has 0 fully saturated rings. The third kappa shape index (κ3) is 2.78. The molecule has 0 radical (unpaired) electrons. The number of benzene rings is 1. The Kier molecular flexibility index (Phi) is 4.01. The molecule has 2 aromatic heterocycles. The lowest BCUT2D eigenvalue weighted by Crippen LogP contribution is -1.99. The van der Waals surface area contributed by atoms with Gasteiger partial charge in [0.1, 0.15) is 5.82 Å². The molecule has 0 aliphatic rings. The van der Waals surface area contributed by atoms with Crippen molar-refractivity contribution in [1.82, 2.24) is 9.55 Å². The number of hydrogen-bond donors (Lipinski definition) is 0. The fraction of sp³-hybridized carbons (Fsp3) is 0.111. The van der Waals surface area contributed by atoms with E-state index in [1.54, 1.807) is 18.5 Å². The van der Waals surface area contributed by atoms with Gasteiger partial charge in [0.15, 0.2) is 5.78 Å².